The molecule has 2 aromatic rings. The van der Waals surface area contributed by atoms with Crippen LogP contribution in [0, 0.1) is 0 Å². The van der Waals surface area contributed by atoms with E-state index in [9.17, 15) is 0 Å². The van der Waals surface area contributed by atoms with Crippen LogP contribution < -0.4 is 5.32 Å². The Morgan fingerprint density at radius 1 is 1.40 bits per heavy atom. The molecule has 2 aromatic heterocycles. The maximum absolute atomic E-state index is 4.65. The third-order valence-corrected chi connectivity index (χ3v) is 4.31. The van der Waals surface area contributed by atoms with Gasteiger partial charge in [-0.2, -0.15) is 5.10 Å². The van der Waals surface area contributed by atoms with E-state index < -0.39 is 0 Å². The number of rotatable bonds is 7. The molecule has 1 unspecified atom stereocenters. The van der Waals surface area contributed by atoms with Gasteiger partial charge in [-0.1, -0.05) is 13.8 Å². The molecule has 0 aromatic carbocycles. The fourth-order valence-corrected chi connectivity index (χ4v) is 3.11. The van der Waals surface area contributed by atoms with E-state index in [-0.39, 0.29) is 6.04 Å². The summed E-state index contributed by atoms with van der Waals surface area (Å²) in [6.45, 7) is 8.15. The number of aryl methyl sites for hydroxylation is 2. The van der Waals surface area contributed by atoms with Crippen molar-refractivity contribution >= 4 is 15.9 Å². The lowest BCUT2D eigenvalue weighted by molar-refractivity contribution is 0.497. The van der Waals surface area contributed by atoms with Crippen LogP contribution in [-0.4, -0.2) is 26.3 Å². The first-order valence-electron chi connectivity index (χ1n) is 7.17. The third-order valence-electron chi connectivity index (χ3n) is 3.39. The van der Waals surface area contributed by atoms with Crippen LogP contribution in [-0.2, 0) is 19.4 Å². The van der Waals surface area contributed by atoms with Crippen molar-refractivity contribution in [3.05, 3.63) is 34.1 Å². The molecular weight excluding hydrogens is 318 g/mol. The third kappa shape index (κ3) is 3.12. The Hall–Kier alpha value is -1.14. The van der Waals surface area contributed by atoms with Gasteiger partial charge < -0.3 is 10.3 Å². The molecule has 6 heteroatoms. The van der Waals surface area contributed by atoms with E-state index in [4.69, 9.17) is 0 Å². The second-order valence-electron chi connectivity index (χ2n) is 4.67. The Labute approximate surface area is 128 Å². The SMILES string of the molecule is CCNC(Cc1c(Br)c(CC)nn1CC)c1ncc[nH]1. The smallest absolute Gasteiger partial charge is 0.123 e. The van der Waals surface area contributed by atoms with Crippen LogP contribution in [0.2, 0.25) is 0 Å². The van der Waals surface area contributed by atoms with Gasteiger partial charge in [0.05, 0.1) is 21.9 Å². The highest BCUT2D eigenvalue weighted by Crippen LogP contribution is 2.26. The normalized spacial score (nSPS) is 12.8. The van der Waals surface area contributed by atoms with Crippen molar-refractivity contribution in [2.45, 2.75) is 46.2 Å². The van der Waals surface area contributed by atoms with Gasteiger partial charge in [-0.15, -0.1) is 0 Å². The lowest BCUT2D eigenvalue weighted by Gasteiger charge is -2.16. The van der Waals surface area contributed by atoms with Gasteiger partial charge in [-0.3, -0.25) is 4.68 Å². The molecule has 0 amide bonds. The van der Waals surface area contributed by atoms with Crippen LogP contribution in [0.1, 0.15) is 44.0 Å². The molecule has 5 nitrogen and oxygen atoms in total. The van der Waals surface area contributed by atoms with Crippen molar-refractivity contribution in [3.63, 3.8) is 0 Å². The molecule has 0 aliphatic carbocycles. The predicted molar refractivity (Wildman–Crippen MR) is 83.7 cm³/mol. The summed E-state index contributed by atoms with van der Waals surface area (Å²) in [7, 11) is 0. The zero-order valence-corrected chi connectivity index (χ0v) is 13.9. The van der Waals surface area contributed by atoms with Gasteiger partial charge in [-0.25, -0.2) is 4.98 Å². The van der Waals surface area contributed by atoms with E-state index in [1.54, 1.807) is 6.20 Å². The van der Waals surface area contributed by atoms with Crippen molar-refractivity contribution in [2.24, 2.45) is 0 Å². The Balaban J connectivity index is 2.28. The molecule has 0 aliphatic heterocycles. The quantitative estimate of drug-likeness (QED) is 0.815. The van der Waals surface area contributed by atoms with E-state index in [1.807, 2.05) is 6.20 Å². The minimum atomic E-state index is 0.179. The Bertz CT molecular complexity index is 532. The molecule has 2 N–H and O–H groups in total. The van der Waals surface area contributed by atoms with Gasteiger partial charge in [0, 0.05) is 25.4 Å². The van der Waals surface area contributed by atoms with Crippen LogP contribution in [0.15, 0.2) is 16.9 Å². The summed E-state index contributed by atoms with van der Waals surface area (Å²) in [5.74, 6) is 0.973. The number of halogens is 1. The molecular formula is C14H22BrN5. The molecule has 0 bridgehead atoms. The van der Waals surface area contributed by atoms with Gasteiger partial charge in [0.1, 0.15) is 5.82 Å². The minimum Gasteiger partial charge on any atom is -0.347 e. The van der Waals surface area contributed by atoms with Gasteiger partial charge >= 0.3 is 0 Å². The van der Waals surface area contributed by atoms with Crippen LogP contribution in [0.4, 0.5) is 0 Å². The number of H-pyrrole nitrogens is 1. The van der Waals surface area contributed by atoms with Gasteiger partial charge in [0.25, 0.3) is 0 Å². The van der Waals surface area contributed by atoms with E-state index in [2.05, 4.69) is 61.8 Å². The Morgan fingerprint density at radius 3 is 2.75 bits per heavy atom. The largest absolute Gasteiger partial charge is 0.347 e. The fourth-order valence-electron chi connectivity index (χ4n) is 2.39. The summed E-state index contributed by atoms with van der Waals surface area (Å²) in [4.78, 5) is 7.58. The van der Waals surface area contributed by atoms with Gasteiger partial charge in [-0.05, 0) is 35.8 Å². The summed E-state index contributed by atoms with van der Waals surface area (Å²) in [6.07, 6.45) is 5.46. The molecule has 0 saturated heterocycles. The molecule has 110 valence electrons. The van der Waals surface area contributed by atoms with Crippen LogP contribution in [0.5, 0.6) is 0 Å². The lowest BCUT2D eigenvalue weighted by Crippen LogP contribution is -2.25. The zero-order valence-electron chi connectivity index (χ0n) is 12.3. The van der Waals surface area contributed by atoms with Gasteiger partial charge in [0.2, 0.25) is 0 Å². The average molecular weight is 340 g/mol. The van der Waals surface area contributed by atoms with Crippen LogP contribution >= 0.6 is 15.9 Å². The predicted octanol–water partition coefficient (Wildman–Crippen LogP) is 2.84. The Morgan fingerprint density at radius 2 is 2.20 bits per heavy atom. The first kappa shape index (κ1) is 15.3. The highest BCUT2D eigenvalue weighted by molar-refractivity contribution is 9.10. The number of hydrogen-bond acceptors (Lipinski definition) is 3. The monoisotopic (exact) mass is 339 g/mol. The van der Waals surface area contributed by atoms with E-state index in [0.717, 1.165) is 41.9 Å². The topological polar surface area (TPSA) is 58.5 Å². The summed E-state index contributed by atoms with van der Waals surface area (Å²) >= 11 is 3.70. The highest BCUT2D eigenvalue weighted by Gasteiger charge is 2.20. The van der Waals surface area contributed by atoms with Crippen molar-refractivity contribution in [3.8, 4) is 0 Å². The summed E-state index contributed by atoms with van der Waals surface area (Å²) in [6, 6.07) is 0.179. The lowest BCUT2D eigenvalue weighted by atomic mass is 10.1. The average Bonchev–Trinajstić information content (AvgIpc) is 3.07. The second kappa shape index (κ2) is 7.04. The summed E-state index contributed by atoms with van der Waals surface area (Å²) < 4.78 is 3.22. The number of aromatic amines is 1. The number of hydrogen-bond donors (Lipinski definition) is 2. The molecule has 0 radical (unpaired) electrons. The molecule has 20 heavy (non-hydrogen) atoms. The zero-order chi connectivity index (χ0) is 14.5. The number of nitrogens with one attached hydrogen (secondary N) is 2. The number of imidazole rings is 1. The Kier molecular flexibility index (Phi) is 5.37. The maximum atomic E-state index is 4.65. The maximum Gasteiger partial charge on any atom is 0.123 e. The standard InChI is InChI=1S/C14H22BrN5/c1-4-10-13(15)12(20(6-3)19-10)9-11(16-5-2)14-17-7-8-18-14/h7-8,11,16H,4-6,9H2,1-3H3,(H,17,18). The van der Waals surface area contributed by atoms with E-state index in [1.165, 1.54) is 5.69 Å². The second-order valence-corrected chi connectivity index (χ2v) is 5.46. The fraction of sp³-hybridized carbons (Fsp3) is 0.571. The number of aromatic nitrogens is 4. The molecule has 0 spiro atoms. The van der Waals surface area contributed by atoms with Gasteiger partial charge in [0.15, 0.2) is 0 Å². The molecule has 2 heterocycles. The van der Waals surface area contributed by atoms with E-state index >= 15 is 0 Å². The molecule has 0 saturated carbocycles. The first-order chi connectivity index (χ1) is 9.71. The van der Waals surface area contributed by atoms with Crippen LogP contribution in [0.3, 0.4) is 0 Å². The minimum absolute atomic E-state index is 0.179. The van der Waals surface area contributed by atoms with Crippen LogP contribution in [0.25, 0.3) is 0 Å². The molecule has 0 fully saturated rings. The molecule has 0 aliphatic rings. The number of likely N-dealkylation sites (N-methyl/N-ethyl adjacent to an activating group) is 1. The van der Waals surface area contributed by atoms with Crippen molar-refractivity contribution in [1.82, 2.24) is 25.1 Å². The van der Waals surface area contributed by atoms with E-state index in [0.29, 0.717) is 0 Å². The van der Waals surface area contributed by atoms with Crippen molar-refractivity contribution in [1.29, 1.82) is 0 Å². The summed E-state index contributed by atoms with van der Waals surface area (Å²) in [5.41, 5.74) is 2.35. The van der Waals surface area contributed by atoms with Crippen molar-refractivity contribution < 1.29 is 0 Å². The summed E-state index contributed by atoms with van der Waals surface area (Å²) in [5, 5.41) is 8.14. The first-order valence-corrected chi connectivity index (χ1v) is 7.97. The number of nitrogens with zero attached hydrogens (tertiary/aromatic N) is 3. The van der Waals surface area contributed by atoms with Crippen molar-refractivity contribution in [2.75, 3.05) is 6.54 Å². The molecule has 1 atom stereocenters. The molecule has 2 rings (SSSR count). The highest BCUT2D eigenvalue weighted by atomic mass is 79.9.